The van der Waals surface area contributed by atoms with Crippen molar-refractivity contribution in [3.8, 4) is 11.1 Å². The van der Waals surface area contributed by atoms with Crippen molar-refractivity contribution in [1.29, 1.82) is 0 Å². The third kappa shape index (κ3) is 7.05. The second-order valence-corrected chi connectivity index (χ2v) is 17.6. The molecule has 1 atom stereocenters. The van der Waals surface area contributed by atoms with E-state index < -0.39 is 8.07 Å². The summed E-state index contributed by atoms with van der Waals surface area (Å²) in [5.74, 6) is 1.80. The maximum atomic E-state index is 13.4. The Morgan fingerprint density at radius 1 is 1.17 bits per heavy atom. The van der Waals surface area contributed by atoms with E-state index in [2.05, 4.69) is 56.1 Å². The summed E-state index contributed by atoms with van der Waals surface area (Å²) in [4.78, 5) is 24.3. The predicted octanol–water partition coefficient (Wildman–Crippen LogP) is 4.79. The quantitative estimate of drug-likeness (QED) is 0.214. The van der Waals surface area contributed by atoms with Crippen LogP contribution in [0.2, 0.25) is 25.7 Å². The van der Waals surface area contributed by atoms with E-state index in [0.717, 1.165) is 46.9 Å². The summed E-state index contributed by atoms with van der Waals surface area (Å²) in [7, 11) is 0.294. The fourth-order valence-electron chi connectivity index (χ4n) is 5.32. The first kappa shape index (κ1) is 27.0. The number of rotatable bonds is 15. The maximum Gasteiger partial charge on any atom is 0.290 e. The number of aromatic nitrogens is 2. The number of nitrogens with zero attached hydrogens (tertiary/aromatic N) is 2. The fourth-order valence-corrected chi connectivity index (χ4v) is 6.08. The summed E-state index contributed by atoms with van der Waals surface area (Å²) in [6.45, 7) is 12.4. The van der Waals surface area contributed by atoms with Crippen molar-refractivity contribution < 1.29 is 14.3 Å². The van der Waals surface area contributed by atoms with Crippen LogP contribution in [0.25, 0.3) is 11.1 Å². The topological polar surface area (TPSA) is 73.2 Å². The first-order valence-electron chi connectivity index (χ1n) is 13.4. The number of carbonyl (C=O) groups excluding carboxylic acids is 2. The Morgan fingerprint density at radius 3 is 2.36 bits per heavy atom. The van der Waals surface area contributed by atoms with E-state index in [-0.39, 0.29) is 11.8 Å². The van der Waals surface area contributed by atoms with Crippen LogP contribution >= 0.6 is 0 Å². The predicted molar refractivity (Wildman–Crippen MR) is 148 cm³/mol. The van der Waals surface area contributed by atoms with Crippen LogP contribution in [0.4, 0.5) is 0 Å². The molecule has 0 spiro atoms. The molecule has 0 bridgehead atoms. The lowest BCUT2D eigenvalue weighted by Gasteiger charge is -2.27. The van der Waals surface area contributed by atoms with E-state index in [9.17, 15) is 9.59 Å². The Morgan fingerprint density at radius 2 is 1.81 bits per heavy atom. The molecular weight excluding hydrogens is 465 g/mol. The van der Waals surface area contributed by atoms with Gasteiger partial charge in [0, 0.05) is 32.4 Å². The highest BCUT2D eigenvalue weighted by Crippen LogP contribution is 2.50. The van der Waals surface area contributed by atoms with Crippen molar-refractivity contribution in [3.63, 3.8) is 0 Å². The molecule has 1 heterocycles. The lowest BCUT2D eigenvalue weighted by atomic mass is 9.81. The van der Waals surface area contributed by atoms with E-state index >= 15 is 0 Å². The normalized spacial score (nSPS) is 16.8. The number of ether oxygens (including phenoxy) is 1. The van der Waals surface area contributed by atoms with Gasteiger partial charge in [0.15, 0.2) is 5.78 Å². The molecule has 0 saturated heterocycles. The van der Waals surface area contributed by atoms with E-state index in [1.807, 2.05) is 11.6 Å². The van der Waals surface area contributed by atoms with Crippen LogP contribution in [0.1, 0.15) is 42.6 Å². The number of hydrogen-bond acceptors (Lipinski definition) is 5. The van der Waals surface area contributed by atoms with Gasteiger partial charge in [-0.2, -0.15) is 5.10 Å². The monoisotopic (exact) mass is 506 g/mol. The second-order valence-electron chi connectivity index (χ2n) is 11.9. The summed E-state index contributed by atoms with van der Waals surface area (Å²) < 4.78 is 7.87. The van der Waals surface area contributed by atoms with Gasteiger partial charge in [0.2, 0.25) is 0 Å². The van der Waals surface area contributed by atoms with Crippen LogP contribution in [0, 0.1) is 31.6 Å². The lowest BCUT2D eigenvalue weighted by Crippen LogP contribution is -2.47. The molecule has 2 aromatic rings. The molecule has 193 valence electrons. The van der Waals surface area contributed by atoms with E-state index in [1.54, 1.807) is 0 Å². The van der Waals surface area contributed by atoms with Gasteiger partial charge < -0.3 is 14.8 Å². The highest BCUT2D eigenvalue weighted by Gasteiger charge is 2.47. The van der Waals surface area contributed by atoms with Gasteiger partial charge in [0.1, 0.15) is 6.73 Å². The minimum absolute atomic E-state index is 0.181. The summed E-state index contributed by atoms with van der Waals surface area (Å²) in [5, 5.41) is 7.87. The summed E-state index contributed by atoms with van der Waals surface area (Å²) in [6.07, 6.45) is 5.95. The summed E-state index contributed by atoms with van der Waals surface area (Å²) in [5.41, 5.74) is 5.31. The zero-order valence-corrected chi connectivity index (χ0v) is 23.5. The Bertz CT molecular complexity index is 1040. The molecule has 2 fully saturated rings. The van der Waals surface area contributed by atoms with Gasteiger partial charge in [-0.1, -0.05) is 43.9 Å². The van der Waals surface area contributed by atoms with Crippen LogP contribution in [0.15, 0.2) is 24.3 Å². The third-order valence-corrected chi connectivity index (χ3v) is 9.32. The van der Waals surface area contributed by atoms with Crippen molar-refractivity contribution in [2.45, 2.75) is 84.4 Å². The zero-order valence-electron chi connectivity index (χ0n) is 22.5. The molecule has 2 aliphatic rings. The van der Waals surface area contributed by atoms with Gasteiger partial charge >= 0.3 is 0 Å². The molecule has 36 heavy (non-hydrogen) atoms. The van der Waals surface area contributed by atoms with E-state index in [0.29, 0.717) is 30.9 Å². The number of nitrogens with one attached hydrogen (secondary N) is 1. The fraction of sp³-hybridized carbons (Fsp3) is 0.607. The first-order valence-corrected chi connectivity index (χ1v) is 17.2. The van der Waals surface area contributed by atoms with Crippen molar-refractivity contribution in [1.82, 2.24) is 15.0 Å². The molecule has 1 N–H and O–H groups in total. The molecule has 4 rings (SSSR count). The van der Waals surface area contributed by atoms with Crippen molar-refractivity contribution in [2.24, 2.45) is 17.8 Å². The molecule has 2 saturated carbocycles. The minimum atomic E-state index is -1.11. The van der Waals surface area contributed by atoms with Crippen molar-refractivity contribution in [2.75, 3.05) is 6.61 Å². The average molecular weight is 507 g/mol. The van der Waals surface area contributed by atoms with Gasteiger partial charge in [-0.25, -0.2) is 4.68 Å². The van der Waals surface area contributed by atoms with Gasteiger partial charge in [-0.3, -0.25) is 4.79 Å². The third-order valence-electron chi connectivity index (χ3n) is 7.62. The molecule has 6 nitrogen and oxygen atoms in total. The average Bonchev–Trinajstić information content (AvgIpc) is 3.74. The van der Waals surface area contributed by atoms with Crippen LogP contribution in [0.3, 0.4) is 0 Å². The van der Waals surface area contributed by atoms with Crippen LogP contribution < -0.4 is 5.23 Å². The standard InChI is InChI=1S/C28H41BN3O3Si/c1-19-26(20(2)32(31-19)18-35-14-15-36(3,4)5)22-8-6-21(7-9-22)16-25(34)28(30-29-17-33)27(23-10-11-23)24-12-13-24/h6-9,17,23-24,27-28,30H,10-16,18H2,1-5H3/t28-/m1/s1. The Kier molecular flexibility index (Phi) is 8.68. The van der Waals surface area contributed by atoms with E-state index in [4.69, 9.17) is 9.84 Å². The highest BCUT2D eigenvalue weighted by atomic mass is 28.3. The molecule has 1 aromatic heterocycles. The molecule has 8 heteroatoms. The lowest BCUT2D eigenvalue weighted by molar-refractivity contribution is -0.121. The molecule has 1 radical (unpaired) electrons. The molecule has 2 aliphatic carbocycles. The smallest absolute Gasteiger partial charge is 0.290 e. The molecule has 1 aromatic carbocycles. The van der Waals surface area contributed by atoms with Crippen LogP contribution in [-0.2, 0) is 27.5 Å². The summed E-state index contributed by atoms with van der Waals surface area (Å²) >= 11 is 0. The number of hydrogen-bond donors (Lipinski definition) is 1. The Balaban J connectivity index is 1.41. The SMILES string of the molecule is Cc1nn(COCC[Si](C)(C)C)c(C)c1-c1ccc(CC(=O)[C@@H](N[B]C=O)C(C2CC2)C2CC2)cc1. The second kappa shape index (κ2) is 11.6. The number of Topliss-reactive ketones (excluding diaryl/α,β-unsaturated/α-hetero) is 1. The maximum absolute atomic E-state index is 13.4. The van der Waals surface area contributed by atoms with Gasteiger partial charge in [0.25, 0.3) is 7.41 Å². The molecule has 0 amide bonds. The number of aryl methyl sites for hydroxylation is 1. The number of ketones is 1. The van der Waals surface area contributed by atoms with Crippen molar-refractivity contribution >= 4 is 27.5 Å². The molecule has 0 unspecified atom stereocenters. The zero-order chi connectivity index (χ0) is 25.9. The minimum Gasteiger partial charge on any atom is -0.360 e. The summed E-state index contributed by atoms with van der Waals surface area (Å²) in [6, 6.07) is 9.17. The van der Waals surface area contributed by atoms with Crippen LogP contribution in [-0.4, -0.2) is 49.9 Å². The Hall–Kier alpha value is -2.03. The van der Waals surface area contributed by atoms with Crippen molar-refractivity contribution in [3.05, 3.63) is 41.2 Å². The first-order chi connectivity index (χ1) is 17.2. The van der Waals surface area contributed by atoms with Gasteiger partial charge in [-0.15, -0.1) is 0 Å². The molecular formula is C28H41BN3O3Si. The molecule has 0 aliphatic heterocycles. The number of benzene rings is 1. The van der Waals surface area contributed by atoms with E-state index in [1.165, 1.54) is 33.1 Å². The number of carbonyl (C=O) groups is 2. The highest BCUT2D eigenvalue weighted by molar-refractivity contribution is 6.76. The Labute approximate surface area is 217 Å². The van der Waals surface area contributed by atoms with Crippen LogP contribution in [0.5, 0.6) is 0 Å². The largest absolute Gasteiger partial charge is 0.360 e. The van der Waals surface area contributed by atoms with Gasteiger partial charge in [-0.05, 0) is 74.5 Å². The van der Waals surface area contributed by atoms with Gasteiger partial charge in [0.05, 0.1) is 17.9 Å².